The molecule has 1 unspecified atom stereocenters. The van der Waals surface area contributed by atoms with Crippen molar-refractivity contribution in [2.75, 3.05) is 19.6 Å². The van der Waals surface area contributed by atoms with E-state index < -0.39 is 0 Å². The summed E-state index contributed by atoms with van der Waals surface area (Å²) in [6.45, 7) is 16.0. The first-order chi connectivity index (χ1) is 12.7. The van der Waals surface area contributed by atoms with Gasteiger partial charge in [0.05, 0.1) is 0 Å². The molecule has 0 saturated carbocycles. The molecular weight excluding hydrogens is 340 g/mol. The normalized spacial score (nSPS) is 18.0. The monoisotopic (exact) mass is 378 g/mol. The Hall–Kier alpha value is -1.43. The summed E-state index contributed by atoms with van der Waals surface area (Å²) in [6, 6.07) is 0.423. The minimum atomic E-state index is -0.114. The topological polar surface area (TPSA) is 71.3 Å². The van der Waals surface area contributed by atoms with Crippen molar-refractivity contribution < 1.29 is 9.32 Å². The number of piperidine rings is 1. The van der Waals surface area contributed by atoms with Gasteiger partial charge in [0.15, 0.2) is 5.82 Å². The Kier molecular flexibility index (Phi) is 7.83. The van der Waals surface area contributed by atoms with Crippen LogP contribution in [0.4, 0.5) is 0 Å². The number of rotatable bonds is 8. The van der Waals surface area contributed by atoms with Crippen molar-refractivity contribution in [3.8, 4) is 0 Å². The van der Waals surface area contributed by atoms with Gasteiger partial charge in [-0.15, -0.1) is 0 Å². The van der Waals surface area contributed by atoms with E-state index in [0.717, 1.165) is 37.8 Å². The maximum atomic E-state index is 12.3. The molecule has 154 valence electrons. The fraction of sp³-hybridized carbons (Fsp3) is 0.857. The Balaban J connectivity index is 1.72. The summed E-state index contributed by atoms with van der Waals surface area (Å²) in [7, 11) is 0. The highest BCUT2D eigenvalue weighted by Gasteiger charge is 2.26. The summed E-state index contributed by atoms with van der Waals surface area (Å²) in [5, 5.41) is 7.17. The molecule has 0 spiro atoms. The van der Waals surface area contributed by atoms with Crippen molar-refractivity contribution in [3.63, 3.8) is 0 Å². The van der Waals surface area contributed by atoms with Crippen molar-refractivity contribution >= 4 is 5.91 Å². The summed E-state index contributed by atoms with van der Waals surface area (Å²) in [5.74, 6) is 2.81. The second kappa shape index (κ2) is 9.67. The molecule has 1 N–H and O–H groups in total. The fourth-order valence-electron chi connectivity index (χ4n) is 3.51. The number of hydrogen-bond acceptors (Lipinski definition) is 5. The molecule has 2 rings (SSSR count). The van der Waals surface area contributed by atoms with Gasteiger partial charge in [-0.2, -0.15) is 4.98 Å². The van der Waals surface area contributed by atoms with Gasteiger partial charge in [-0.3, -0.25) is 9.69 Å². The molecule has 6 heteroatoms. The molecule has 1 aliphatic heterocycles. The zero-order chi connectivity index (χ0) is 20.0. The summed E-state index contributed by atoms with van der Waals surface area (Å²) in [5.41, 5.74) is -0.114. The highest BCUT2D eigenvalue weighted by molar-refractivity contribution is 5.75. The van der Waals surface area contributed by atoms with Gasteiger partial charge in [-0.1, -0.05) is 46.7 Å². The van der Waals surface area contributed by atoms with Crippen LogP contribution in [0.15, 0.2) is 4.52 Å². The van der Waals surface area contributed by atoms with E-state index in [0.29, 0.717) is 30.7 Å². The first kappa shape index (κ1) is 21.9. The third-order valence-electron chi connectivity index (χ3n) is 5.50. The van der Waals surface area contributed by atoms with E-state index in [1.807, 2.05) is 0 Å². The molecule has 1 amide bonds. The molecule has 1 atom stereocenters. The van der Waals surface area contributed by atoms with Crippen LogP contribution < -0.4 is 5.32 Å². The summed E-state index contributed by atoms with van der Waals surface area (Å²) < 4.78 is 5.29. The minimum Gasteiger partial charge on any atom is -0.355 e. The molecule has 1 aromatic rings. The van der Waals surface area contributed by atoms with Crippen LogP contribution in [0, 0.1) is 11.8 Å². The van der Waals surface area contributed by atoms with E-state index in [2.05, 4.69) is 61.9 Å². The van der Waals surface area contributed by atoms with Crippen LogP contribution in [0.2, 0.25) is 0 Å². The number of amides is 1. The number of nitrogens with one attached hydrogen (secondary N) is 1. The predicted molar refractivity (Wildman–Crippen MR) is 108 cm³/mol. The first-order valence-corrected chi connectivity index (χ1v) is 10.5. The maximum Gasteiger partial charge on any atom is 0.226 e. The molecule has 1 saturated heterocycles. The smallest absolute Gasteiger partial charge is 0.226 e. The van der Waals surface area contributed by atoms with Crippen LogP contribution in [0.3, 0.4) is 0 Å². The Morgan fingerprint density at radius 1 is 1.30 bits per heavy atom. The second-order valence-corrected chi connectivity index (χ2v) is 9.45. The lowest BCUT2D eigenvalue weighted by atomic mass is 9.94. The zero-order valence-corrected chi connectivity index (χ0v) is 18.0. The Labute approximate surface area is 164 Å². The number of likely N-dealkylation sites (tertiary alicyclic amines) is 1. The van der Waals surface area contributed by atoms with E-state index in [-0.39, 0.29) is 11.3 Å². The Morgan fingerprint density at radius 3 is 2.52 bits per heavy atom. The summed E-state index contributed by atoms with van der Waals surface area (Å²) >= 11 is 0. The third-order valence-corrected chi connectivity index (χ3v) is 5.50. The van der Waals surface area contributed by atoms with Crippen molar-refractivity contribution in [3.05, 3.63) is 11.7 Å². The van der Waals surface area contributed by atoms with Gasteiger partial charge >= 0.3 is 0 Å². The summed E-state index contributed by atoms with van der Waals surface area (Å²) in [6.07, 6.45) is 4.39. The fourth-order valence-corrected chi connectivity index (χ4v) is 3.51. The molecule has 1 aliphatic rings. The average Bonchev–Trinajstić information content (AvgIpc) is 3.05. The van der Waals surface area contributed by atoms with Crippen LogP contribution in [0.5, 0.6) is 0 Å². The number of carbonyl (C=O) groups is 1. The van der Waals surface area contributed by atoms with Crippen LogP contribution >= 0.6 is 0 Å². The lowest BCUT2D eigenvalue weighted by molar-refractivity contribution is -0.121. The second-order valence-electron chi connectivity index (χ2n) is 9.45. The lowest BCUT2D eigenvalue weighted by Gasteiger charge is -2.38. The quantitative estimate of drug-likeness (QED) is 0.749. The third kappa shape index (κ3) is 6.91. The highest BCUT2D eigenvalue weighted by atomic mass is 16.5. The number of aromatic nitrogens is 2. The number of nitrogens with zero attached hydrogens (tertiary/aromatic N) is 3. The van der Waals surface area contributed by atoms with Gasteiger partial charge in [-0.05, 0) is 44.2 Å². The van der Waals surface area contributed by atoms with E-state index in [1.165, 1.54) is 12.8 Å². The number of aryl methyl sites for hydroxylation is 1. The van der Waals surface area contributed by atoms with Gasteiger partial charge in [0.1, 0.15) is 0 Å². The SMILES string of the molecule is CC1CCN(C(CNC(=O)CCCc2nc(C(C)(C)C)no2)C(C)C)CC1. The highest BCUT2D eigenvalue weighted by Crippen LogP contribution is 2.21. The average molecular weight is 379 g/mol. The molecule has 1 aromatic heterocycles. The van der Waals surface area contributed by atoms with Crippen LogP contribution in [0.25, 0.3) is 0 Å². The van der Waals surface area contributed by atoms with Gasteiger partial charge in [0, 0.05) is 30.8 Å². The van der Waals surface area contributed by atoms with Gasteiger partial charge in [0.2, 0.25) is 11.8 Å². The zero-order valence-electron chi connectivity index (χ0n) is 18.0. The van der Waals surface area contributed by atoms with E-state index in [4.69, 9.17) is 4.52 Å². The summed E-state index contributed by atoms with van der Waals surface area (Å²) in [4.78, 5) is 19.2. The van der Waals surface area contributed by atoms with E-state index >= 15 is 0 Å². The van der Waals surface area contributed by atoms with Crippen molar-refractivity contribution in [1.29, 1.82) is 0 Å². The molecule has 6 nitrogen and oxygen atoms in total. The van der Waals surface area contributed by atoms with Gasteiger partial charge < -0.3 is 9.84 Å². The predicted octanol–water partition coefficient (Wildman–Crippen LogP) is 3.56. The van der Waals surface area contributed by atoms with Crippen molar-refractivity contribution in [1.82, 2.24) is 20.4 Å². The molecule has 0 aromatic carbocycles. The lowest BCUT2D eigenvalue weighted by Crippen LogP contribution is -2.49. The molecule has 0 aliphatic carbocycles. The minimum absolute atomic E-state index is 0.113. The number of hydrogen-bond donors (Lipinski definition) is 1. The standard InChI is InChI=1S/C21H38N4O2/c1-15(2)17(25-12-10-16(3)11-13-25)14-22-18(26)8-7-9-19-23-20(24-27-19)21(4,5)6/h15-17H,7-14H2,1-6H3,(H,22,26). The number of carbonyl (C=O) groups excluding carboxylic acids is 1. The Bertz CT molecular complexity index is 583. The van der Waals surface area contributed by atoms with Crippen LogP contribution in [-0.4, -0.2) is 46.6 Å². The van der Waals surface area contributed by atoms with Gasteiger partial charge in [-0.25, -0.2) is 0 Å². The molecule has 27 heavy (non-hydrogen) atoms. The maximum absolute atomic E-state index is 12.3. The molecule has 2 heterocycles. The van der Waals surface area contributed by atoms with Crippen molar-refractivity contribution in [2.24, 2.45) is 11.8 Å². The molecular formula is C21H38N4O2. The van der Waals surface area contributed by atoms with E-state index in [9.17, 15) is 4.79 Å². The Morgan fingerprint density at radius 2 is 1.96 bits per heavy atom. The van der Waals surface area contributed by atoms with E-state index in [1.54, 1.807) is 0 Å². The van der Waals surface area contributed by atoms with Crippen LogP contribution in [0.1, 0.15) is 78.9 Å². The van der Waals surface area contributed by atoms with Crippen LogP contribution in [-0.2, 0) is 16.6 Å². The molecule has 0 bridgehead atoms. The largest absolute Gasteiger partial charge is 0.355 e. The van der Waals surface area contributed by atoms with Crippen molar-refractivity contribution in [2.45, 2.75) is 85.1 Å². The molecule has 0 radical (unpaired) electrons. The first-order valence-electron chi connectivity index (χ1n) is 10.5. The molecule has 1 fully saturated rings. The van der Waals surface area contributed by atoms with Gasteiger partial charge in [0.25, 0.3) is 0 Å².